The molecular formula is C24H20N4O2. The molecule has 148 valence electrons. The Bertz CT molecular complexity index is 1280. The predicted molar refractivity (Wildman–Crippen MR) is 118 cm³/mol. The first-order valence-corrected chi connectivity index (χ1v) is 9.46. The maximum atomic E-state index is 10.2. The molecule has 2 N–H and O–H groups in total. The molecule has 0 amide bonds. The Morgan fingerprint density at radius 1 is 0.600 bits per heavy atom. The van der Waals surface area contributed by atoms with Crippen molar-refractivity contribution in [3.05, 3.63) is 83.9 Å². The normalized spacial score (nSPS) is 11.7. The van der Waals surface area contributed by atoms with Gasteiger partial charge in [-0.15, -0.1) is 10.2 Å². The number of benzene rings is 4. The van der Waals surface area contributed by atoms with E-state index in [1.54, 1.807) is 30.3 Å². The van der Waals surface area contributed by atoms with Crippen LogP contribution in [0.3, 0.4) is 0 Å². The van der Waals surface area contributed by atoms with Gasteiger partial charge in [0.05, 0.1) is 11.4 Å². The Labute approximate surface area is 173 Å². The summed E-state index contributed by atoms with van der Waals surface area (Å²) in [7, 11) is 0. The number of nitrogens with zero attached hydrogens (tertiary/aromatic N) is 4. The zero-order valence-corrected chi connectivity index (χ0v) is 16.6. The van der Waals surface area contributed by atoms with Crippen molar-refractivity contribution in [2.45, 2.75) is 13.8 Å². The number of hydrogen-bond donors (Lipinski definition) is 2. The van der Waals surface area contributed by atoms with Gasteiger partial charge in [-0.05, 0) is 60.7 Å². The number of fused-ring (bicyclic) bond motifs is 1. The van der Waals surface area contributed by atoms with Crippen LogP contribution in [0.4, 0.5) is 22.7 Å². The van der Waals surface area contributed by atoms with Crippen LogP contribution in [-0.4, -0.2) is 10.2 Å². The molecule has 0 atom stereocenters. The molecule has 4 aromatic rings. The fraction of sp³-hybridized carbons (Fsp3) is 0.0833. The van der Waals surface area contributed by atoms with Crippen molar-refractivity contribution in [2.24, 2.45) is 20.5 Å². The third-order valence-corrected chi connectivity index (χ3v) is 4.80. The first-order chi connectivity index (χ1) is 14.5. The highest BCUT2D eigenvalue weighted by Gasteiger charge is 2.07. The number of rotatable bonds is 4. The summed E-state index contributed by atoms with van der Waals surface area (Å²) < 4.78 is 0. The van der Waals surface area contributed by atoms with E-state index < -0.39 is 0 Å². The van der Waals surface area contributed by atoms with Gasteiger partial charge in [0, 0.05) is 5.39 Å². The molecule has 6 heteroatoms. The van der Waals surface area contributed by atoms with Crippen LogP contribution in [0, 0.1) is 13.8 Å². The van der Waals surface area contributed by atoms with Gasteiger partial charge in [-0.25, -0.2) is 0 Å². The van der Waals surface area contributed by atoms with Crippen LogP contribution in [0.25, 0.3) is 10.8 Å². The SMILES string of the molecule is Cc1cc(N=Nc2c(O)ccc3ccccc23)ccc1N=Nc1c(C)cccc1O. The Hall–Kier alpha value is -4.06. The molecule has 0 fully saturated rings. The Morgan fingerprint density at radius 2 is 1.37 bits per heavy atom. The van der Waals surface area contributed by atoms with Crippen molar-refractivity contribution < 1.29 is 10.2 Å². The number of aromatic hydroxyl groups is 2. The van der Waals surface area contributed by atoms with Crippen LogP contribution < -0.4 is 0 Å². The number of azo groups is 2. The Balaban J connectivity index is 1.62. The third-order valence-electron chi connectivity index (χ3n) is 4.80. The summed E-state index contributed by atoms with van der Waals surface area (Å²) in [4.78, 5) is 0. The van der Waals surface area contributed by atoms with Crippen LogP contribution in [0.5, 0.6) is 11.5 Å². The molecule has 0 spiro atoms. The summed E-state index contributed by atoms with van der Waals surface area (Å²) in [6, 6.07) is 21.8. The molecule has 0 saturated carbocycles. The number of phenolic OH excluding ortho intramolecular Hbond substituents is 2. The highest BCUT2D eigenvalue weighted by Crippen LogP contribution is 2.37. The fourth-order valence-electron chi connectivity index (χ4n) is 3.15. The lowest BCUT2D eigenvalue weighted by Crippen LogP contribution is -1.77. The smallest absolute Gasteiger partial charge is 0.143 e. The Kier molecular flexibility index (Phi) is 5.22. The van der Waals surface area contributed by atoms with Crippen molar-refractivity contribution in [3.8, 4) is 11.5 Å². The zero-order valence-electron chi connectivity index (χ0n) is 16.6. The number of phenols is 2. The van der Waals surface area contributed by atoms with E-state index in [0.29, 0.717) is 22.7 Å². The van der Waals surface area contributed by atoms with E-state index in [1.807, 2.05) is 56.3 Å². The lowest BCUT2D eigenvalue weighted by Gasteiger charge is -2.04. The van der Waals surface area contributed by atoms with Crippen molar-refractivity contribution in [1.82, 2.24) is 0 Å². The predicted octanol–water partition coefficient (Wildman–Crippen LogP) is 7.70. The molecule has 0 aliphatic heterocycles. The van der Waals surface area contributed by atoms with Gasteiger partial charge in [-0.2, -0.15) is 10.2 Å². The minimum absolute atomic E-state index is 0.0811. The molecule has 0 aliphatic rings. The standard InChI is InChI=1S/C24H20N4O2/c1-15-6-5-9-21(29)23(15)27-26-20-12-11-18(14-16(20)2)25-28-24-19-8-4-3-7-17(19)10-13-22(24)30/h3-14,29-30H,1-2H3. The quantitative estimate of drug-likeness (QED) is 0.346. The minimum Gasteiger partial charge on any atom is -0.506 e. The van der Waals surface area contributed by atoms with Crippen molar-refractivity contribution in [1.29, 1.82) is 0 Å². The van der Waals surface area contributed by atoms with Crippen molar-refractivity contribution in [3.63, 3.8) is 0 Å². The van der Waals surface area contributed by atoms with Crippen molar-refractivity contribution in [2.75, 3.05) is 0 Å². The summed E-state index contributed by atoms with van der Waals surface area (Å²) in [5.74, 6) is 0.175. The lowest BCUT2D eigenvalue weighted by molar-refractivity contribution is 0.476. The van der Waals surface area contributed by atoms with Crippen molar-refractivity contribution >= 4 is 33.5 Å². The van der Waals surface area contributed by atoms with Crippen LogP contribution in [0.1, 0.15) is 11.1 Å². The van der Waals surface area contributed by atoms with Gasteiger partial charge in [0.2, 0.25) is 0 Å². The van der Waals surface area contributed by atoms with Crippen LogP contribution in [0.2, 0.25) is 0 Å². The highest BCUT2D eigenvalue weighted by atomic mass is 16.3. The van der Waals surface area contributed by atoms with E-state index in [-0.39, 0.29) is 11.5 Å². The molecule has 0 bridgehead atoms. The fourth-order valence-corrected chi connectivity index (χ4v) is 3.15. The molecule has 30 heavy (non-hydrogen) atoms. The van der Waals surface area contributed by atoms with Crippen LogP contribution >= 0.6 is 0 Å². The number of hydrogen-bond acceptors (Lipinski definition) is 6. The van der Waals surface area contributed by atoms with E-state index in [1.165, 1.54) is 0 Å². The molecule has 0 aliphatic carbocycles. The van der Waals surface area contributed by atoms with Gasteiger partial charge in [0.25, 0.3) is 0 Å². The summed E-state index contributed by atoms with van der Waals surface area (Å²) in [6.07, 6.45) is 0. The second-order valence-corrected chi connectivity index (χ2v) is 6.97. The van der Waals surface area contributed by atoms with Gasteiger partial charge in [0.15, 0.2) is 0 Å². The molecule has 0 saturated heterocycles. The first kappa shape index (κ1) is 19.3. The molecule has 0 heterocycles. The maximum absolute atomic E-state index is 10.2. The Morgan fingerprint density at radius 3 is 2.17 bits per heavy atom. The van der Waals surface area contributed by atoms with E-state index in [0.717, 1.165) is 21.9 Å². The monoisotopic (exact) mass is 396 g/mol. The largest absolute Gasteiger partial charge is 0.506 e. The van der Waals surface area contributed by atoms with Gasteiger partial charge in [-0.3, -0.25) is 0 Å². The molecule has 0 aromatic heterocycles. The maximum Gasteiger partial charge on any atom is 0.143 e. The summed E-state index contributed by atoms with van der Waals surface area (Å²) in [5.41, 5.74) is 3.90. The summed E-state index contributed by atoms with van der Waals surface area (Å²) >= 11 is 0. The van der Waals surface area contributed by atoms with Crippen LogP contribution in [-0.2, 0) is 0 Å². The zero-order chi connectivity index (χ0) is 21.1. The minimum atomic E-state index is 0.0811. The molecule has 4 rings (SSSR count). The first-order valence-electron chi connectivity index (χ1n) is 9.46. The van der Waals surface area contributed by atoms with Gasteiger partial charge < -0.3 is 10.2 Å². The third kappa shape index (κ3) is 3.89. The van der Waals surface area contributed by atoms with Gasteiger partial charge in [0.1, 0.15) is 22.9 Å². The molecule has 4 aromatic carbocycles. The molecule has 0 unspecified atom stereocenters. The average Bonchev–Trinajstić information content (AvgIpc) is 2.74. The van der Waals surface area contributed by atoms with E-state index in [2.05, 4.69) is 20.5 Å². The van der Waals surface area contributed by atoms with E-state index >= 15 is 0 Å². The van der Waals surface area contributed by atoms with Crippen LogP contribution in [0.15, 0.2) is 93.3 Å². The topological polar surface area (TPSA) is 89.9 Å². The lowest BCUT2D eigenvalue weighted by atomic mass is 10.1. The summed E-state index contributed by atoms with van der Waals surface area (Å²) in [5, 5.41) is 39.0. The van der Waals surface area contributed by atoms with Gasteiger partial charge in [-0.1, -0.05) is 42.5 Å². The number of aryl methyl sites for hydroxylation is 2. The molecular weight excluding hydrogens is 376 g/mol. The average molecular weight is 396 g/mol. The summed E-state index contributed by atoms with van der Waals surface area (Å²) in [6.45, 7) is 3.77. The molecule has 0 radical (unpaired) electrons. The van der Waals surface area contributed by atoms with E-state index in [9.17, 15) is 10.2 Å². The highest BCUT2D eigenvalue weighted by molar-refractivity contribution is 5.95. The second kappa shape index (κ2) is 8.13. The van der Waals surface area contributed by atoms with E-state index in [4.69, 9.17) is 0 Å². The molecule has 6 nitrogen and oxygen atoms in total. The van der Waals surface area contributed by atoms with Gasteiger partial charge >= 0.3 is 0 Å². The second-order valence-electron chi connectivity index (χ2n) is 6.97.